The standard InChI is InChI=1S/C23H28BrN3O3/c1-2-19(16-7-9-18(24)10-8-16)25-22(29)15-27-13-11-17(12-14-27)23(30)26-20-5-3-4-6-21(20)28/h3-10,17,19,28H,2,11-15H2,1H3,(H,25,29)(H,26,30)/t19-/m0/s1. The minimum absolute atomic E-state index is 0.00174. The number of rotatable bonds is 7. The number of halogens is 1. The highest BCUT2D eigenvalue weighted by molar-refractivity contribution is 9.10. The largest absolute Gasteiger partial charge is 0.506 e. The number of amides is 2. The molecule has 6 nitrogen and oxygen atoms in total. The van der Waals surface area contributed by atoms with Crippen LogP contribution in [0.15, 0.2) is 53.0 Å². The Hall–Kier alpha value is -2.38. The zero-order valence-electron chi connectivity index (χ0n) is 17.1. The number of phenolic OH excluding ortho intramolecular Hbond substituents is 1. The summed E-state index contributed by atoms with van der Waals surface area (Å²) in [5.41, 5.74) is 1.52. The molecule has 0 unspecified atom stereocenters. The van der Waals surface area contributed by atoms with Crippen molar-refractivity contribution in [2.24, 2.45) is 5.92 Å². The average molecular weight is 474 g/mol. The number of anilines is 1. The molecule has 1 aliphatic rings. The number of hydrogen-bond donors (Lipinski definition) is 3. The molecule has 3 rings (SSSR count). The fourth-order valence-corrected chi connectivity index (χ4v) is 3.99. The number of carbonyl (C=O) groups excluding carboxylic acids is 2. The number of likely N-dealkylation sites (tertiary alicyclic amines) is 1. The summed E-state index contributed by atoms with van der Waals surface area (Å²) in [7, 11) is 0. The number of carbonyl (C=O) groups is 2. The van der Waals surface area contributed by atoms with E-state index in [2.05, 4.69) is 38.4 Å². The fourth-order valence-electron chi connectivity index (χ4n) is 3.73. The van der Waals surface area contributed by atoms with Gasteiger partial charge < -0.3 is 15.7 Å². The van der Waals surface area contributed by atoms with Gasteiger partial charge in [0.15, 0.2) is 0 Å². The molecule has 0 radical (unpaired) electrons. The molecule has 0 spiro atoms. The van der Waals surface area contributed by atoms with E-state index in [1.807, 2.05) is 24.3 Å². The lowest BCUT2D eigenvalue weighted by Gasteiger charge is -2.31. The van der Waals surface area contributed by atoms with Crippen LogP contribution in [0.25, 0.3) is 0 Å². The van der Waals surface area contributed by atoms with Crippen molar-refractivity contribution in [2.45, 2.75) is 32.2 Å². The van der Waals surface area contributed by atoms with Crippen LogP contribution in [0.3, 0.4) is 0 Å². The van der Waals surface area contributed by atoms with Crippen LogP contribution in [-0.2, 0) is 9.59 Å². The second-order valence-electron chi connectivity index (χ2n) is 7.64. The minimum Gasteiger partial charge on any atom is -0.506 e. The number of benzene rings is 2. The van der Waals surface area contributed by atoms with Crippen LogP contribution in [0.5, 0.6) is 5.75 Å². The summed E-state index contributed by atoms with van der Waals surface area (Å²) in [6, 6.07) is 14.7. The third-order valence-corrected chi connectivity index (χ3v) is 6.03. The van der Waals surface area contributed by atoms with Crippen LogP contribution in [-0.4, -0.2) is 41.5 Å². The van der Waals surface area contributed by atoms with Gasteiger partial charge in [-0.2, -0.15) is 0 Å². The summed E-state index contributed by atoms with van der Waals surface area (Å²) in [5.74, 6) is -0.130. The number of piperidine rings is 1. The van der Waals surface area contributed by atoms with Gasteiger partial charge in [0.25, 0.3) is 0 Å². The molecule has 2 aromatic carbocycles. The lowest BCUT2D eigenvalue weighted by Crippen LogP contribution is -2.44. The monoisotopic (exact) mass is 473 g/mol. The van der Waals surface area contributed by atoms with Gasteiger partial charge in [-0.3, -0.25) is 14.5 Å². The van der Waals surface area contributed by atoms with Crippen molar-refractivity contribution in [1.82, 2.24) is 10.2 Å². The molecule has 0 bridgehead atoms. The first-order valence-corrected chi connectivity index (χ1v) is 11.1. The van der Waals surface area contributed by atoms with Crippen molar-refractivity contribution in [1.29, 1.82) is 0 Å². The van der Waals surface area contributed by atoms with Crippen molar-refractivity contribution in [3.63, 3.8) is 0 Å². The molecular formula is C23H28BrN3O3. The number of hydrogen-bond acceptors (Lipinski definition) is 4. The SMILES string of the molecule is CC[C@H](NC(=O)CN1CCC(C(=O)Nc2ccccc2O)CC1)c1ccc(Br)cc1. The topological polar surface area (TPSA) is 81.7 Å². The second-order valence-corrected chi connectivity index (χ2v) is 8.55. The molecule has 3 N–H and O–H groups in total. The Morgan fingerprint density at radius 3 is 2.43 bits per heavy atom. The number of para-hydroxylation sites is 2. The van der Waals surface area contributed by atoms with Crippen molar-refractivity contribution in [3.8, 4) is 5.75 Å². The van der Waals surface area contributed by atoms with Crippen LogP contribution in [0.4, 0.5) is 5.69 Å². The van der Waals surface area contributed by atoms with Crippen LogP contribution in [0.1, 0.15) is 37.8 Å². The predicted octanol–water partition coefficient (Wildman–Crippen LogP) is 4.07. The van der Waals surface area contributed by atoms with Gasteiger partial charge in [-0.1, -0.05) is 47.1 Å². The zero-order valence-corrected chi connectivity index (χ0v) is 18.7. The Balaban J connectivity index is 1.45. The third-order valence-electron chi connectivity index (χ3n) is 5.50. The Morgan fingerprint density at radius 2 is 1.80 bits per heavy atom. The molecule has 160 valence electrons. The van der Waals surface area contributed by atoms with Crippen molar-refractivity contribution >= 4 is 33.4 Å². The molecule has 7 heteroatoms. The molecule has 0 saturated carbocycles. The van der Waals surface area contributed by atoms with Gasteiger partial charge in [0, 0.05) is 10.4 Å². The molecular weight excluding hydrogens is 446 g/mol. The van der Waals surface area contributed by atoms with Gasteiger partial charge in [0.1, 0.15) is 5.75 Å². The molecule has 1 saturated heterocycles. The summed E-state index contributed by atoms with van der Waals surface area (Å²) < 4.78 is 1.02. The average Bonchev–Trinajstić information content (AvgIpc) is 2.75. The van der Waals surface area contributed by atoms with Gasteiger partial charge in [0.05, 0.1) is 18.3 Å². The highest BCUT2D eigenvalue weighted by Crippen LogP contribution is 2.25. The lowest BCUT2D eigenvalue weighted by atomic mass is 9.95. The molecule has 30 heavy (non-hydrogen) atoms. The van der Waals surface area contributed by atoms with E-state index in [4.69, 9.17) is 0 Å². The van der Waals surface area contributed by atoms with E-state index in [9.17, 15) is 14.7 Å². The van der Waals surface area contributed by atoms with Gasteiger partial charge in [0.2, 0.25) is 11.8 Å². The summed E-state index contributed by atoms with van der Waals surface area (Å²) in [6.07, 6.45) is 2.20. The van der Waals surface area contributed by atoms with Crippen LogP contribution in [0, 0.1) is 5.92 Å². The Labute approximate surface area is 185 Å². The van der Waals surface area contributed by atoms with Gasteiger partial charge in [-0.15, -0.1) is 0 Å². The van der Waals surface area contributed by atoms with E-state index in [1.165, 1.54) is 0 Å². The number of nitrogens with one attached hydrogen (secondary N) is 2. The number of nitrogens with zero attached hydrogens (tertiary/aromatic N) is 1. The normalized spacial score (nSPS) is 16.1. The van der Waals surface area contributed by atoms with Gasteiger partial charge >= 0.3 is 0 Å². The molecule has 0 aliphatic carbocycles. The van der Waals surface area contributed by atoms with E-state index >= 15 is 0 Å². The van der Waals surface area contributed by atoms with E-state index in [0.717, 1.165) is 16.5 Å². The third kappa shape index (κ3) is 6.06. The summed E-state index contributed by atoms with van der Waals surface area (Å²) in [5, 5.41) is 15.7. The predicted molar refractivity (Wildman–Crippen MR) is 121 cm³/mol. The number of aromatic hydroxyl groups is 1. The maximum Gasteiger partial charge on any atom is 0.234 e. The first-order chi connectivity index (χ1) is 14.5. The summed E-state index contributed by atoms with van der Waals surface area (Å²) in [6.45, 7) is 3.78. The molecule has 2 aromatic rings. The van der Waals surface area contributed by atoms with E-state index < -0.39 is 0 Å². The Bertz CT molecular complexity index is 864. The first kappa shape index (κ1) is 22.3. The van der Waals surface area contributed by atoms with Crippen LogP contribution < -0.4 is 10.6 Å². The summed E-state index contributed by atoms with van der Waals surface area (Å²) in [4.78, 5) is 27.1. The van der Waals surface area contributed by atoms with Crippen LogP contribution >= 0.6 is 15.9 Å². The van der Waals surface area contributed by atoms with Gasteiger partial charge in [-0.05, 0) is 62.2 Å². The zero-order chi connectivity index (χ0) is 21.5. The summed E-state index contributed by atoms with van der Waals surface area (Å²) >= 11 is 3.44. The lowest BCUT2D eigenvalue weighted by molar-refractivity contribution is -0.124. The van der Waals surface area contributed by atoms with Crippen molar-refractivity contribution < 1.29 is 14.7 Å². The van der Waals surface area contributed by atoms with E-state index in [0.29, 0.717) is 38.2 Å². The van der Waals surface area contributed by atoms with Crippen molar-refractivity contribution in [2.75, 3.05) is 25.0 Å². The highest BCUT2D eigenvalue weighted by Gasteiger charge is 2.26. The molecule has 1 fully saturated rings. The maximum absolute atomic E-state index is 12.5. The fraction of sp³-hybridized carbons (Fsp3) is 0.391. The molecule has 1 aliphatic heterocycles. The smallest absolute Gasteiger partial charge is 0.234 e. The number of phenols is 1. The highest BCUT2D eigenvalue weighted by atomic mass is 79.9. The van der Waals surface area contributed by atoms with E-state index in [-0.39, 0.29) is 29.5 Å². The van der Waals surface area contributed by atoms with Crippen molar-refractivity contribution in [3.05, 3.63) is 58.6 Å². The first-order valence-electron chi connectivity index (χ1n) is 10.3. The molecule has 1 heterocycles. The quantitative estimate of drug-likeness (QED) is 0.529. The molecule has 0 aromatic heterocycles. The van der Waals surface area contributed by atoms with Gasteiger partial charge in [-0.25, -0.2) is 0 Å². The van der Waals surface area contributed by atoms with Crippen LogP contribution in [0.2, 0.25) is 0 Å². The molecule has 2 amide bonds. The second kappa shape index (κ2) is 10.6. The van der Waals surface area contributed by atoms with E-state index in [1.54, 1.807) is 24.3 Å². The Kier molecular flexibility index (Phi) is 7.87. The maximum atomic E-state index is 12.5. The Morgan fingerprint density at radius 1 is 1.13 bits per heavy atom. The molecule has 1 atom stereocenters. The minimum atomic E-state index is -0.116.